The van der Waals surface area contributed by atoms with Crippen LogP contribution in [0.4, 0.5) is 26.2 Å². The van der Waals surface area contributed by atoms with Crippen molar-refractivity contribution in [2.24, 2.45) is 0 Å². The van der Waals surface area contributed by atoms with Crippen molar-refractivity contribution in [3.63, 3.8) is 0 Å². The third-order valence-electron chi connectivity index (χ3n) is 3.04. The first-order valence-corrected chi connectivity index (χ1v) is 6.60. The Morgan fingerprint density at radius 3 is 2.70 bits per heavy atom. The number of hydrogen-bond donors (Lipinski definition) is 2. The number of aromatic nitrogens is 6. The fourth-order valence-corrected chi connectivity index (χ4v) is 1.94. The first kappa shape index (κ1) is 14.8. The van der Waals surface area contributed by atoms with Crippen molar-refractivity contribution in [1.29, 1.82) is 0 Å². The second-order valence-corrected chi connectivity index (χ2v) is 4.57. The number of benzene rings is 1. The van der Waals surface area contributed by atoms with Gasteiger partial charge in [-0.25, -0.2) is 13.8 Å². The lowest BCUT2D eigenvalue weighted by atomic mass is 10.2. The van der Waals surface area contributed by atoms with E-state index in [2.05, 4.69) is 36.1 Å². The lowest BCUT2D eigenvalue weighted by Crippen LogP contribution is -2.05. The number of aryl methyl sites for hydroxylation is 1. The fourth-order valence-electron chi connectivity index (χ4n) is 1.94. The lowest BCUT2D eigenvalue weighted by Gasteiger charge is -2.09. The zero-order valence-electron chi connectivity index (χ0n) is 12.2. The molecule has 23 heavy (non-hydrogen) atoms. The normalized spacial score (nSPS) is 10.6. The van der Waals surface area contributed by atoms with Gasteiger partial charge in [-0.1, -0.05) is 0 Å². The van der Waals surface area contributed by atoms with Gasteiger partial charge < -0.3 is 10.6 Å². The van der Waals surface area contributed by atoms with Gasteiger partial charge in [0.1, 0.15) is 11.5 Å². The van der Waals surface area contributed by atoms with Gasteiger partial charge in [0.25, 0.3) is 0 Å². The summed E-state index contributed by atoms with van der Waals surface area (Å²) in [6, 6.07) is 4.27. The largest absolute Gasteiger partial charge is 0.371 e. The van der Waals surface area contributed by atoms with E-state index in [0.29, 0.717) is 11.5 Å². The summed E-state index contributed by atoms with van der Waals surface area (Å²) < 4.78 is 28.6. The number of halogens is 2. The van der Waals surface area contributed by atoms with Crippen molar-refractivity contribution in [1.82, 2.24) is 30.2 Å². The van der Waals surface area contributed by atoms with Crippen LogP contribution in [0.1, 0.15) is 5.82 Å². The molecule has 0 aliphatic heterocycles. The van der Waals surface area contributed by atoms with E-state index in [1.165, 1.54) is 22.9 Å². The van der Waals surface area contributed by atoms with Gasteiger partial charge in [-0.15, -0.1) is 5.10 Å². The van der Waals surface area contributed by atoms with Crippen molar-refractivity contribution in [2.45, 2.75) is 6.92 Å². The number of tetrazole rings is 1. The minimum absolute atomic E-state index is 0.0566. The summed E-state index contributed by atoms with van der Waals surface area (Å²) in [7, 11) is 1.55. The minimum Gasteiger partial charge on any atom is -0.371 e. The van der Waals surface area contributed by atoms with Crippen LogP contribution in [0.5, 0.6) is 0 Å². The average Bonchev–Trinajstić information content (AvgIpc) is 2.97. The summed E-state index contributed by atoms with van der Waals surface area (Å²) in [6.07, 6.45) is 1.04. The zero-order valence-corrected chi connectivity index (χ0v) is 12.2. The highest BCUT2D eigenvalue weighted by Crippen LogP contribution is 2.21. The summed E-state index contributed by atoms with van der Waals surface area (Å²) in [5, 5.41) is 16.4. The Morgan fingerprint density at radius 2 is 2.00 bits per heavy atom. The van der Waals surface area contributed by atoms with Crippen molar-refractivity contribution in [3.05, 3.63) is 41.9 Å². The maximum absolute atomic E-state index is 14.0. The Bertz CT molecular complexity index is 848. The highest BCUT2D eigenvalue weighted by molar-refractivity contribution is 5.58. The highest BCUT2D eigenvalue weighted by atomic mass is 19.1. The van der Waals surface area contributed by atoms with Crippen LogP contribution in [0.2, 0.25) is 0 Å². The molecule has 0 amide bonds. The second kappa shape index (κ2) is 5.91. The molecule has 0 aliphatic carbocycles. The number of hydrogen-bond acceptors (Lipinski definition) is 7. The Balaban J connectivity index is 1.94. The van der Waals surface area contributed by atoms with E-state index in [1.807, 2.05) is 0 Å². The van der Waals surface area contributed by atoms with Crippen LogP contribution in [-0.4, -0.2) is 37.2 Å². The molecule has 0 saturated carbocycles. The Hall–Kier alpha value is -3.17. The maximum atomic E-state index is 14.0. The minimum atomic E-state index is -0.567. The molecule has 0 fully saturated rings. The first-order valence-electron chi connectivity index (χ1n) is 6.60. The molecule has 2 N–H and O–H groups in total. The van der Waals surface area contributed by atoms with Crippen LogP contribution < -0.4 is 10.6 Å². The number of anilines is 3. The van der Waals surface area contributed by atoms with Gasteiger partial charge in [-0.2, -0.15) is 9.67 Å². The number of nitrogens with zero attached hydrogens (tertiary/aromatic N) is 6. The standard InChI is InChI=1S/C13H12F2N8/c1-7-20-21-22-23(7)11-5-8(3-4-9(11)14)18-13-17-6-10(15)12(16-2)19-13/h3-6H,1-2H3,(H2,16,17,18,19). The van der Waals surface area contributed by atoms with Crippen molar-refractivity contribution in [2.75, 3.05) is 17.7 Å². The van der Waals surface area contributed by atoms with Gasteiger partial charge in [0.2, 0.25) is 5.95 Å². The van der Waals surface area contributed by atoms with Crippen molar-refractivity contribution in [3.8, 4) is 5.69 Å². The molecule has 0 unspecified atom stereocenters. The molecule has 8 nitrogen and oxygen atoms in total. The van der Waals surface area contributed by atoms with Gasteiger partial charge >= 0.3 is 0 Å². The van der Waals surface area contributed by atoms with E-state index >= 15 is 0 Å². The summed E-state index contributed by atoms with van der Waals surface area (Å²) in [5.74, 6) is -0.386. The maximum Gasteiger partial charge on any atom is 0.229 e. The molecule has 0 atom stereocenters. The SMILES string of the molecule is CNc1nc(Nc2ccc(F)c(-n3nnnc3C)c2)ncc1F. The molecule has 2 aromatic heterocycles. The molecule has 2 heterocycles. The predicted octanol–water partition coefficient (Wildman–Crippen LogP) is 1.82. The molecular formula is C13H12F2N8. The molecule has 0 spiro atoms. The summed E-state index contributed by atoms with van der Waals surface area (Å²) in [6.45, 7) is 1.65. The van der Waals surface area contributed by atoms with Crippen LogP contribution in [0.3, 0.4) is 0 Å². The summed E-state index contributed by atoms with van der Waals surface area (Å²) in [5.41, 5.74) is 0.679. The van der Waals surface area contributed by atoms with Crippen LogP contribution >= 0.6 is 0 Å². The average molecular weight is 318 g/mol. The van der Waals surface area contributed by atoms with Gasteiger partial charge in [-0.3, -0.25) is 0 Å². The third-order valence-corrected chi connectivity index (χ3v) is 3.04. The smallest absolute Gasteiger partial charge is 0.229 e. The Labute approximate surface area is 129 Å². The van der Waals surface area contributed by atoms with Crippen molar-refractivity contribution < 1.29 is 8.78 Å². The van der Waals surface area contributed by atoms with E-state index < -0.39 is 11.6 Å². The molecule has 3 rings (SSSR count). The highest BCUT2D eigenvalue weighted by Gasteiger charge is 2.11. The van der Waals surface area contributed by atoms with Crippen LogP contribution in [-0.2, 0) is 0 Å². The van der Waals surface area contributed by atoms with Gasteiger partial charge in [0.15, 0.2) is 17.5 Å². The van der Waals surface area contributed by atoms with E-state index in [4.69, 9.17) is 0 Å². The van der Waals surface area contributed by atoms with Gasteiger partial charge in [0, 0.05) is 12.7 Å². The van der Waals surface area contributed by atoms with E-state index in [1.54, 1.807) is 14.0 Å². The van der Waals surface area contributed by atoms with Gasteiger partial charge in [0.05, 0.1) is 6.20 Å². The quantitative estimate of drug-likeness (QED) is 0.758. The van der Waals surface area contributed by atoms with E-state index in [9.17, 15) is 8.78 Å². The molecular weight excluding hydrogens is 306 g/mol. The fraction of sp³-hybridized carbons (Fsp3) is 0.154. The second-order valence-electron chi connectivity index (χ2n) is 4.57. The van der Waals surface area contributed by atoms with E-state index in [-0.39, 0.29) is 17.5 Å². The third kappa shape index (κ3) is 2.91. The molecule has 0 aliphatic rings. The van der Waals surface area contributed by atoms with E-state index in [0.717, 1.165) is 6.20 Å². The van der Waals surface area contributed by atoms with Crippen molar-refractivity contribution >= 4 is 17.5 Å². The van der Waals surface area contributed by atoms with Crippen LogP contribution in [0.15, 0.2) is 24.4 Å². The lowest BCUT2D eigenvalue weighted by molar-refractivity contribution is 0.605. The number of nitrogens with one attached hydrogen (secondary N) is 2. The number of rotatable bonds is 4. The molecule has 0 radical (unpaired) electrons. The first-order chi connectivity index (χ1) is 11.1. The zero-order chi connectivity index (χ0) is 16.4. The topological polar surface area (TPSA) is 93.4 Å². The summed E-state index contributed by atoms with van der Waals surface area (Å²) >= 11 is 0. The molecule has 10 heteroatoms. The molecule has 0 bridgehead atoms. The monoisotopic (exact) mass is 318 g/mol. The van der Waals surface area contributed by atoms with Crippen LogP contribution in [0.25, 0.3) is 5.69 Å². The molecule has 3 aromatic rings. The molecule has 0 saturated heterocycles. The Kier molecular flexibility index (Phi) is 3.79. The van der Waals surface area contributed by atoms with Gasteiger partial charge in [-0.05, 0) is 35.5 Å². The van der Waals surface area contributed by atoms with Crippen LogP contribution in [0, 0.1) is 18.6 Å². The Morgan fingerprint density at radius 1 is 1.17 bits per heavy atom. The summed E-state index contributed by atoms with van der Waals surface area (Å²) in [4.78, 5) is 7.81. The molecule has 118 valence electrons. The predicted molar refractivity (Wildman–Crippen MR) is 78.7 cm³/mol. The molecule has 1 aromatic carbocycles.